The van der Waals surface area contributed by atoms with E-state index in [1.807, 2.05) is 12.1 Å². The van der Waals surface area contributed by atoms with Crippen molar-refractivity contribution in [2.24, 2.45) is 0 Å². The number of nitrogens with zero attached hydrogens (tertiary/aromatic N) is 3. The zero-order valence-corrected chi connectivity index (χ0v) is 18.4. The van der Waals surface area contributed by atoms with Crippen LogP contribution in [0.2, 0.25) is 0 Å². The summed E-state index contributed by atoms with van der Waals surface area (Å²) in [5.74, 6) is -2.89. The number of hydrogen-bond acceptors (Lipinski definition) is 6. The van der Waals surface area contributed by atoms with Crippen molar-refractivity contribution in [1.82, 2.24) is 15.0 Å². The zero-order valence-electron chi connectivity index (χ0n) is 16.8. The number of aromatic nitrogens is 2. The van der Waals surface area contributed by atoms with Crippen molar-refractivity contribution in [3.63, 3.8) is 0 Å². The van der Waals surface area contributed by atoms with E-state index in [9.17, 15) is 13.2 Å². The van der Waals surface area contributed by atoms with Crippen molar-refractivity contribution >= 4 is 27.9 Å². The first-order chi connectivity index (χ1) is 15.5. The summed E-state index contributed by atoms with van der Waals surface area (Å²) >= 11 is 3.42. The predicted molar refractivity (Wildman–Crippen MR) is 112 cm³/mol. The lowest BCUT2D eigenvalue weighted by Crippen LogP contribution is -2.44. The molecule has 0 radical (unpaired) electrons. The van der Waals surface area contributed by atoms with Crippen LogP contribution in [0.1, 0.15) is 22.9 Å². The molecule has 1 aliphatic heterocycles. The number of hydrogen-bond donors (Lipinski definition) is 2. The SMILES string of the molecule is FC(F)(F)c1cccc(-c2noc(C3CN(Cc4ccc(Br)cc4)C3)n2)c1.O=C(O)C(=O)O. The smallest absolute Gasteiger partial charge is 0.416 e. The van der Waals surface area contributed by atoms with E-state index in [0.29, 0.717) is 11.5 Å². The number of carboxylic acid groups (broad SMARTS) is 2. The minimum absolute atomic E-state index is 0.104. The van der Waals surface area contributed by atoms with E-state index in [1.165, 1.54) is 11.6 Å². The normalized spacial score (nSPS) is 14.2. The highest BCUT2D eigenvalue weighted by molar-refractivity contribution is 9.10. The Labute approximate surface area is 193 Å². The van der Waals surface area contributed by atoms with Gasteiger partial charge in [0.25, 0.3) is 0 Å². The lowest BCUT2D eigenvalue weighted by Gasteiger charge is -2.37. The van der Waals surface area contributed by atoms with E-state index in [4.69, 9.17) is 24.3 Å². The van der Waals surface area contributed by atoms with Gasteiger partial charge in [0.2, 0.25) is 11.7 Å². The third-order valence-corrected chi connectivity index (χ3v) is 5.23. The number of carboxylic acids is 2. The summed E-state index contributed by atoms with van der Waals surface area (Å²) in [7, 11) is 0. The van der Waals surface area contributed by atoms with Gasteiger partial charge in [-0.1, -0.05) is 45.4 Å². The molecule has 0 bridgehead atoms. The van der Waals surface area contributed by atoms with Gasteiger partial charge in [0.1, 0.15) is 0 Å². The number of aliphatic carboxylic acids is 2. The van der Waals surface area contributed by atoms with Gasteiger partial charge in [-0.25, -0.2) is 9.59 Å². The molecule has 0 saturated carbocycles. The van der Waals surface area contributed by atoms with Crippen LogP contribution in [-0.4, -0.2) is 50.3 Å². The van der Waals surface area contributed by atoms with E-state index in [1.54, 1.807) is 6.07 Å². The van der Waals surface area contributed by atoms with Crippen LogP contribution in [0.3, 0.4) is 0 Å². The van der Waals surface area contributed by atoms with Crippen molar-refractivity contribution < 1.29 is 37.5 Å². The molecule has 0 unspecified atom stereocenters. The first kappa shape index (κ1) is 24.4. The molecule has 1 saturated heterocycles. The highest BCUT2D eigenvalue weighted by atomic mass is 79.9. The minimum Gasteiger partial charge on any atom is -0.473 e. The highest BCUT2D eigenvalue weighted by Crippen LogP contribution is 2.33. The quantitative estimate of drug-likeness (QED) is 0.483. The van der Waals surface area contributed by atoms with Gasteiger partial charge >= 0.3 is 18.1 Å². The Morgan fingerprint density at radius 1 is 1.09 bits per heavy atom. The van der Waals surface area contributed by atoms with Crippen LogP contribution >= 0.6 is 15.9 Å². The summed E-state index contributed by atoms with van der Waals surface area (Å²) in [6.07, 6.45) is -4.40. The molecule has 1 aliphatic rings. The van der Waals surface area contributed by atoms with Gasteiger partial charge in [0.15, 0.2) is 0 Å². The molecular formula is C21H17BrF3N3O5. The molecule has 1 aromatic heterocycles. The molecule has 33 heavy (non-hydrogen) atoms. The Morgan fingerprint density at radius 2 is 1.73 bits per heavy atom. The highest BCUT2D eigenvalue weighted by Gasteiger charge is 2.33. The fraction of sp³-hybridized carbons (Fsp3) is 0.238. The first-order valence-electron chi connectivity index (χ1n) is 9.47. The van der Waals surface area contributed by atoms with Gasteiger partial charge in [-0.3, -0.25) is 4.90 Å². The van der Waals surface area contributed by atoms with Crippen molar-refractivity contribution in [2.45, 2.75) is 18.6 Å². The number of halogens is 4. The second-order valence-corrected chi connectivity index (χ2v) is 8.08. The third kappa shape index (κ3) is 6.62. The van der Waals surface area contributed by atoms with Gasteiger partial charge in [0.05, 0.1) is 11.5 Å². The third-order valence-electron chi connectivity index (χ3n) is 4.70. The number of rotatable bonds is 4. The molecule has 0 atom stereocenters. The molecule has 0 spiro atoms. The largest absolute Gasteiger partial charge is 0.473 e. The van der Waals surface area contributed by atoms with Crippen molar-refractivity contribution in [2.75, 3.05) is 13.1 Å². The fourth-order valence-corrected chi connectivity index (χ4v) is 3.32. The summed E-state index contributed by atoms with van der Waals surface area (Å²) in [6, 6.07) is 13.1. The predicted octanol–water partition coefficient (Wildman–Crippen LogP) is 4.27. The summed E-state index contributed by atoms with van der Waals surface area (Å²) in [4.78, 5) is 24.8. The Bertz CT molecular complexity index is 1120. The van der Waals surface area contributed by atoms with Gasteiger partial charge in [-0.05, 0) is 29.8 Å². The van der Waals surface area contributed by atoms with E-state index in [-0.39, 0.29) is 11.7 Å². The van der Waals surface area contributed by atoms with E-state index in [2.05, 4.69) is 43.1 Å². The fourth-order valence-electron chi connectivity index (χ4n) is 3.06. The Balaban J connectivity index is 0.000000454. The summed E-state index contributed by atoms with van der Waals surface area (Å²) in [6.45, 7) is 2.39. The molecule has 174 valence electrons. The number of likely N-dealkylation sites (tertiary alicyclic amines) is 1. The van der Waals surface area contributed by atoms with Gasteiger partial charge in [-0.15, -0.1) is 0 Å². The lowest BCUT2D eigenvalue weighted by atomic mass is 9.99. The molecule has 2 N–H and O–H groups in total. The van der Waals surface area contributed by atoms with Gasteiger partial charge in [0, 0.05) is 29.7 Å². The van der Waals surface area contributed by atoms with E-state index in [0.717, 1.165) is 36.2 Å². The van der Waals surface area contributed by atoms with Crippen LogP contribution in [-0.2, 0) is 22.3 Å². The van der Waals surface area contributed by atoms with Crippen LogP contribution < -0.4 is 0 Å². The summed E-state index contributed by atoms with van der Waals surface area (Å²) in [5.41, 5.74) is 0.786. The molecule has 2 heterocycles. The number of alkyl halides is 3. The van der Waals surface area contributed by atoms with Crippen LogP contribution in [0.15, 0.2) is 57.5 Å². The molecule has 1 fully saturated rings. The Kier molecular flexibility index (Phi) is 7.49. The average molecular weight is 528 g/mol. The maximum Gasteiger partial charge on any atom is 0.416 e. The molecule has 0 aliphatic carbocycles. The Morgan fingerprint density at radius 3 is 2.30 bits per heavy atom. The first-order valence-corrected chi connectivity index (χ1v) is 10.3. The molecular weight excluding hydrogens is 511 g/mol. The molecule has 2 aromatic carbocycles. The standard InChI is InChI=1S/C19H15BrF3N3O.C2H2O4/c20-16-6-4-12(5-7-16)9-26-10-14(11-26)18-24-17(25-27-18)13-2-1-3-15(8-13)19(21,22)23;3-1(4)2(5)6/h1-8,14H,9-11H2;(H,3,4)(H,5,6). The second-order valence-electron chi connectivity index (χ2n) is 7.16. The maximum absolute atomic E-state index is 12.9. The van der Waals surface area contributed by atoms with Crippen LogP contribution in [0.5, 0.6) is 0 Å². The topological polar surface area (TPSA) is 117 Å². The molecule has 3 aromatic rings. The zero-order chi connectivity index (χ0) is 24.2. The van der Waals surface area contributed by atoms with Gasteiger partial charge < -0.3 is 14.7 Å². The summed E-state index contributed by atoms with van der Waals surface area (Å²) in [5, 5.41) is 18.6. The van der Waals surface area contributed by atoms with Crippen LogP contribution in [0.4, 0.5) is 13.2 Å². The van der Waals surface area contributed by atoms with E-state index < -0.39 is 23.7 Å². The van der Waals surface area contributed by atoms with Crippen molar-refractivity contribution in [3.8, 4) is 11.4 Å². The number of carbonyl (C=O) groups is 2. The monoisotopic (exact) mass is 527 g/mol. The molecule has 12 heteroatoms. The van der Waals surface area contributed by atoms with Crippen molar-refractivity contribution in [1.29, 1.82) is 0 Å². The average Bonchev–Trinajstić information content (AvgIpc) is 3.21. The van der Waals surface area contributed by atoms with Crippen molar-refractivity contribution in [3.05, 3.63) is 70.0 Å². The lowest BCUT2D eigenvalue weighted by molar-refractivity contribution is -0.159. The van der Waals surface area contributed by atoms with E-state index >= 15 is 0 Å². The van der Waals surface area contributed by atoms with Crippen LogP contribution in [0, 0.1) is 0 Å². The molecule has 0 amide bonds. The van der Waals surface area contributed by atoms with Gasteiger partial charge in [-0.2, -0.15) is 18.2 Å². The number of benzene rings is 2. The second kappa shape index (κ2) is 10.1. The summed E-state index contributed by atoms with van der Waals surface area (Å²) < 4.78 is 44.9. The molecule has 4 rings (SSSR count). The maximum atomic E-state index is 12.9. The van der Waals surface area contributed by atoms with Crippen LogP contribution in [0.25, 0.3) is 11.4 Å². The Hall–Kier alpha value is -3.25. The molecule has 8 nitrogen and oxygen atoms in total. The minimum atomic E-state index is -4.40.